The van der Waals surface area contributed by atoms with Crippen LogP contribution in [0.4, 0.5) is 11.4 Å². The highest BCUT2D eigenvalue weighted by Gasteiger charge is 2.19. The summed E-state index contributed by atoms with van der Waals surface area (Å²) in [7, 11) is 0. The number of nitrogen functional groups attached to an aromatic ring is 1. The summed E-state index contributed by atoms with van der Waals surface area (Å²) >= 11 is 0. The lowest BCUT2D eigenvalue weighted by Gasteiger charge is -2.26. The average molecular weight is 283 g/mol. The van der Waals surface area contributed by atoms with Crippen LogP contribution in [-0.4, -0.2) is 27.8 Å². The van der Waals surface area contributed by atoms with Crippen molar-refractivity contribution in [2.45, 2.75) is 32.4 Å². The Morgan fingerprint density at radius 2 is 2.38 bits per heavy atom. The van der Waals surface area contributed by atoms with Gasteiger partial charge in [-0.1, -0.05) is 0 Å². The molecule has 0 saturated carbocycles. The van der Waals surface area contributed by atoms with E-state index in [0.717, 1.165) is 31.6 Å². The number of hydrogen-bond acceptors (Lipinski definition) is 4. The molecule has 3 N–H and O–H groups in total. The molecule has 5 nitrogen and oxygen atoms in total. The van der Waals surface area contributed by atoms with Crippen molar-refractivity contribution in [2.24, 2.45) is 4.99 Å². The molecule has 1 aliphatic rings. The maximum absolute atomic E-state index is 5.86. The number of rotatable bonds is 4. The van der Waals surface area contributed by atoms with Crippen LogP contribution in [0.1, 0.15) is 18.9 Å². The minimum atomic E-state index is 0.286. The van der Waals surface area contributed by atoms with Crippen LogP contribution in [0.2, 0.25) is 0 Å². The van der Waals surface area contributed by atoms with Gasteiger partial charge in [0.2, 0.25) is 0 Å². The summed E-state index contributed by atoms with van der Waals surface area (Å²) in [6, 6.07) is 6.31. The van der Waals surface area contributed by atoms with Gasteiger partial charge in [-0.25, -0.2) is 4.98 Å². The van der Waals surface area contributed by atoms with E-state index in [-0.39, 0.29) is 6.04 Å². The van der Waals surface area contributed by atoms with Crippen molar-refractivity contribution in [3.05, 3.63) is 42.5 Å². The third kappa shape index (κ3) is 3.24. The average Bonchev–Trinajstić information content (AvgIpc) is 2.97. The molecule has 0 amide bonds. The largest absolute Gasteiger partial charge is 0.399 e. The normalized spacial score (nSPS) is 19.3. The number of aryl methyl sites for hydroxylation is 1. The van der Waals surface area contributed by atoms with Crippen molar-refractivity contribution in [1.29, 1.82) is 0 Å². The van der Waals surface area contributed by atoms with Gasteiger partial charge in [0.05, 0.1) is 12.4 Å². The SMILES string of the molecule is CC1Nc2ccc(N)cc2CC1=NCCCn1ccnc1. The molecule has 0 fully saturated rings. The third-order valence-corrected chi connectivity index (χ3v) is 3.82. The third-order valence-electron chi connectivity index (χ3n) is 3.82. The van der Waals surface area contributed by atoms with Gasteiger partial charge >= 0.3 is 0 Å². The molecule has 5 heteroatoms. The number of nitrogens with zero attached hydrogens (tertiary/aromatic N) is 3. The van der Waals surface area contributed by atoms with Crippen molar-refractivity contribution >= 4 is 17.1 Å². The van der Waals surface area contributed by atoms with Crippen molar-refractivity contribution in [3.8, 4) is 0 Å². The maximum atomic E-state index is 5.86. The Bertz CT molecular complexity index is 630. The van der Waals surface area contributed by atoms with Gasteiger partial charge < -0.3 is 15.6 Å². The van der Waals surface area contributed by atoms with E-state index in [1.165, 1.54) is 17.0 Å². The fourth-order valence-corrected chi connectivity index (χ4v) is 2.65. The predicted molar refractivity (Wildman–Crippen MR) is 86.8 cm³/mol. The number of hydrogen-bond donors (Lipinski definition) is 2. The number of benzene rings is 1. The second-order valence-electron chi connectivity index (χ2n) is 5.49. The van der Waals surface area contributed by atoms with Crippen molar-refractivity contribution < 1.29 is 0 Å². The molecule has 1 unspecified atom stereocenters. The van der Waals surface area contributed by atoms with Gasteiger partial charge in [-0.2, -0.15) is 0 Å². The van der Waals surface area contributed by atoms with Crippen LogP contribution in [0.15, 0.2) is 41.9 Å². The molecule has 0 saturated heterocycles. The first kappa shape index (κ1) is 13.7. The van der Waals surface area contributed by atoms with Gasteiger partial charge in [-0.3, -0.25) is 4.99 Å². The van der Waals surface area contributed by atoms with Gasteiger partial charge in [-0.05, 0) is 37.1 Å². The van der Waals surface area contributed by atoms with Crippen LogP contribution in [0.5, 0.6) is 0 Å². The van der Waals surface area contributed by atoms with Crippen LogP contribution < -0.4 is 11.1 Å². The van der Waals surface area contributed by atoms with Gasteiger partial charge in [0.1, 0.15) is 0 Å². The monoisotopic (exact) mass is 283 g/mol. The van der Waals surface area contributed by atoms with Gasteiger partial charge in [0.15, 0.2) is 0 Å². The van der Waals surface area contributed by atoms with Crippen LogP contribution in [-0.2, 0) is 13.0 Å². The van der Waals surface area contributed by atoms with E-state index in [0.29, 0.717) is 0 Å². The number of fused-ring (bicyclic) bond motifs is 1. The molecule has 110 valence electrons. The van der Waals surface area contributed by atoms with Crippen LogP contribution in [0.25, 0.3) is 0 Å². The topological polar surface area (TPSA) is 68.2 Å². The molecule has 0 bridgehead atoms. The Morgan fingerprint density at radius 3 is 3.19 bits per heavy atom. The first-order chi connectivity index (χ1) is 10.2. The summed E-state index contributed by atoms with van der Waals surface area (Å²) in [5.74, 6) is 0. The Kier molecular flexibility index (Phi) is 3.90. The van der Waals surface area contributed by atoms with Gasteiger partial charge in [0, 0.05) is 49.0 Å². The summed E-state index contributed by atoms with van der Waals surface area (Å²) in [5, 5.41) is 3.49. The zero-order valence-corrected chi connectivity index (χ0v) is 12.3. The number of imidazole rings is 1. The molecular formula is C16H21N5. The number of nitrogens with one attached hydrogen (secondary N) is 1. The molecule has 0 radical (unpaired) electrons. The molecule has 2 aromatic rings. The van der Waals surface area contributed by atoms with E-state index in [4.69, 9.17) is 10.7 Å². The first-order valence-electron chi connectivity index (χ1n) is 7.36. The van der Waals surface area contributed by atoms with E-state index in [1.54, 1.807) is 6.20 Å². The van der Waals surface area contributed by atoms with E-state index < -0.39 is 0 Å². The lowest BCUT2D eigenvalue weighted by Crippen LogP contribution is -2.33. The summed E-state index contributed by atoms with van der Waals surface area (Å²) in [5.41, 5.74) is 10.3. The lowest BCUT2D eigenvalue weighted by atomic mass is 9.96. The second kappa shape index (κ2) is 5.99. The van der Waals surface area contributed by atoms with Crippen molar-refractivity contribution in [2.75, 3.05) is 17.6 Å². The van der Waals surface area contributed by atoms with Crippen LogP contribution in [0.3, 0.4) is 0 Å². The van der Waals surface area contributed by atoms with Crippen molar-refractivity contribution in [1.82, 2.24) is 9.55 Å². The van der Waals surface area contributed by atoms with Crippen molar-refractivity contribution in [3.63, 3.8) is 0 Å². The molecule has 21 heavy (non-hydrogen) atoms. The van der Waals surface area contributed by atoms with E-state index in [9.17, 15) is 0 Å². The Balaban J connectivity index is 1.61. The molecule has 1 aliphatic heterocycles. The fraction of sp³-hybridized carbons (Fsp3) is 0.375. The quantitative estimate of drug-likeness (QED) is 0.668. The summed E-state index contributed by atoms with van der Waals surface area (Å²) in [6.07, 6.45) is 7.55. The van der Waals surface area contributed by atoms with Gasteiger partial charge in [0.25, 0.3) is 0 Å². The Morgan fingerprint density at radius 1 is 1.48 bits per heavy atom. The highest BCUT2D eigenvalue weighted by Crippen LogP contribution is 2.25. The molecule has 1 aromatic carbocycles. The van der Waals surface area contributed by atoms with Crippen LogP contribution in [0, 0.1) is 0 Å². The maximum Gasteiger partial charge on any atom is 0.0945 e. The molecule has 0 aliphatic carbocycles. The summed E-state index contributed by atoms with van der Waals surface area (Å²) in [4.78, 5) is 8.81. The smallest absolute Gasteiger partial charge is 0.0945 e. The Hall–Kier alpha value is -2.30. The standard InChI is InChI=1S/C16H21N5/c1-12-16(19-5-2-7-21-8-6-18-11-21)10-13-9-14(17)3-4-15(13)20-12/h3-4,6,8-9,11-12,20H,2,5,7,10,17H2,1H3. The molecule has 1 atom stereocenters. The van der Waals surface area contributed by atoms with Gasteiger partial charge in [-0.15, -0.1) is 0 Å². The number of anilines is 2. The molecule has 1 aromatic heterocycles. The van der Waals surface area contributed by atoms with Crippen LogP contribution >= 0.6 is 0 Å². The van der Waals surface area contributed by atoms with E-state index >= 15 is 0 Å². The zero-order valence-electron chi connectivity index (χ0n) is 12.3. The minimum Gasteiger partial charge on any atom is -0.399 e. The molecule has 0 spiro atoms. The highest BCUT2D eigenvalue weighted by molar-refractivity contribution is 5.97. The first-order valence-corrected chi connectivity index (χ1v) is 7.36. The number of aromatic nitrogens is 2. The minimum absolute atomic E-state index is 0.286. The second-order valence-corrected chi connectivity index (χ2v) is 5.49. The molecule has 3 rings (SSSR count). The highest BCUT2D eigenvalue weighted by atomic mass is 15.0. The lowest BCUT2D eigenvalue weighted by molar-refractivity contribution is 0.649. The zero-order chi connectivity index (χ0) is 14.7. The summed E-state index contributed by atoms with van der Waals surface area (Å²) < 4.78 is 2.08. The number of aliphatic imine (C=N–C) groups is 1. The van der Waals surface area contributed by atoms with E-state index in [1.807, 2.05) is 24.7 Å². The number of nitrogens with two attached hydrogens (primary N) is 1. The van der Waals surface area contributed by atoms with E-state index in [2.05, 4.69) is 27.9 Å². The fourth-order valence-electron chi connectivity index (χ4n) is 2.65. The molecular weight excluding hydrogens is 262 g/mol. The predicted octanol–water partition coefficient (Wildman–Crippen LogP) is 2.35. The summed E-state index contributed by atoms with van der Waals surface area (Å²) in [6.45, 7) is 3.97. The Labute approximate surface area is 124 Å². The molecule has 2 heterocycles.